The zero-order valence-corrected chi connectivity index (χ0v) is 11.2. The Hall–Kier alpha value is -1.75. The number of nitrogens with two attached hydrogens (primary N) is 1. The molecule has 0 bridgehead atoms. The molecule has 0 aliphatic rings. The van der Waals surface area contributed by atoms with Crippen molar-refractivity contribution in [3.63, 3.8) is 0 Å². The van der Waals surface area contributed by atoms with Crippen molar-refractivity contribution in [1.29, 1.82) is 5.41 Å². The van der Waals surface area contributed by atoms with Gasteiger partial charge in [0.25, 0.3) is 0 Å². The number of nitrogens with zero attached hydrogens (tertiary/aromatic N) is 1. The molecule has 1 rings (SSSR count). The van der Waals surface area contributed by atoms with Crippen LogP contribution in [0, 0.1) is 5.41 Å². The van der Waals surface area contributed by atoms with Crippen LogP contribution in [0.3, 0.4) is 0 Å². The van der Waals surface area contributed by atoms with Crippen LogP contribution in [0.4, 0.5) is 0 Å². The molecule has 0 unspecified atom stereocenters. The second-order valence-corrected chi connectivity index (χ2v) is 4.28. The van der Waals surface area contributed by atoms with Crippen LogP contribution < -0.4 is 15.2 Å². The Kier molecular flexibility index (Phi) is 5.45. The lowest BCUT2D eigenvalue weighted by atomic mass is 10.2. The van der Waals surface area contributed by atoms with Gasteiger partial charge in [0.15, 0.2) is 11.5 Å². The second-order valence-electron chi connectivity index (χ2n) is 4.28. The Morgan fingerprint density at radius 1 is 1.33 bits per heavy atom. The van der Waals surface area contributed by atoms with Crippen LogP contribution in [0.15, 0.2) is 18.2 Å². The Morgan fingerprint density at radius 2 is 2.06 bits per heavy atom. The van der Waals surface area contributed by atoms with E-state index in [1.54, 1.807) is 25.3 Å². The van der Waals surface area contributed by atoms with Crippen LogP contribution in [-0.2, 0) is 0 Å². The van der Waals surface area contributed by atoms with Gasteiger partial charge in [-0.1, -0.05) is 0 Å². The van der Waals surface area contributed by atoms with Crippen molar-refractivity contribution in [2.45, 2.75) is 6.42 Å². The maximum atomic E-state index is 7.37. The number of nitrogens with one attached hydrogen (secondary N) is 1. The van der Waals surface area contributed by atoms with Crippen LogP contribution in [-0.4, -0.2) is 45.1 Å². The average molecular weight is 251 g/mol. The fraction of sp³-hybridized carbons (Fsp3) is 0.462. The van der Waals surface area contributed by atoms with Crippen molar-refractivity contribution in [3.8, 4) is 11.5 Å². The van der Waals surface area contributed by atoms with E-state index in [2.05, 4.69) is 4.90 Å². The van der Waals surface area contributed by atoms with Crippen molar-refractivity contribution < 1.29 is 9.47 Å². The number of rotatable bonds is 7. The summed E-state index contributed by atoms with van der Waals surface area (Å²) in [6, 6.07) is 5.25. The standard InChI is InChI=1S/C13H21N3O2/c1-16(2)7-4-8-18-11-6-5-10(13(14)15)9-12(11)17-3/h5-6,9H,4,7-8H2,1-3H3,(H3,14,15). The number of ether oxygens (including phenoxy) is 2. The SMILES string of the molecule is COc1cc(C(=N)N)ccc1OCCCN(C)C. The smallest absolute Gasteiger partial charge is 0.161 e. The van der Waals surface area contributed by atoms with Gasteiger partial charge in [0.1, 0.15) is 5.84 Å². The third-order valence-corrected chi connectivity index (χ3v) is 2.48. The first-order valence-electron chi connectivity index (χ1n) is 5.84. The fourth-order valence-corrected chi connectivity index (χ4v) is 1.52. The van der Waals surface area contributed by atoms with E-state index < -0.39 is 0 Å². The molecular formula is C13H21N3O2. The molecule has 0 fully saturated rings. The van der Waals surface area contributed by atoms with E-state index in [4.69, 9.17) is 20.6 Å². The van der Waals surface area contributed by atoms with Gasteiger partial charge in [0.05, 0.1) is 13.7 Å². The molecule has 5 nitrogen and oxygen atoms in total. The minimum Gasteiger partial charge on any atom is -0.493 e. The highest BCUT2D eigenvalue weighted by molar-refractivity contribution is 5.95. The number of amidine groups is 1. The van der Waals surface area contributed by atoms with Crippen molar-refractivity contribution in [3.05, 3.63) is 23.8 Å². The molecule has 0 spiro atoms. The lowest BCUT2D eigenvalue weighted by molar-refractivity contribution is 0.268. The van der Waals surface area contributed by atoms with Gasteiger partial charge in [-0.05, 0) is 38.7 Å². The maximum Gasteiger partial charge on any atom is 0.161 e. The minimum atomic E-state index is 0.0208. The Bertz CT molecular complexity index is 405. The van der Waals surface area contributed by atoms with Gasteiger partial charge in [0.2, 0.25) is 0 Å². The van der Waals surface area contributed by atoms with Crippen molar-refractivity contribution >= 4 is 5.84 Å². The van der Waals surface area contributed by atoms with Crippen molar-refractivity contribution in [2.24, 2.45) is 5.73 Å². The molecular weight excluding hydrogens is 230 g/mol. The topological polar surface area (TPSA) is 71.6 Å². The van der Waals surface area contributed by atoms with Crippen molar-refractivity contribution in [1.82, 2.24) is 4.90 Å². The molecule has 0 heterocycles. The molecule has 0 aromatic heterocycles. The van der Waals surface area contributed by atoms with E-state index in [1.165, 1.54) is 0 Å². The summed E-state index contributed by atoms with van der Waals surface area (Å²) in [5.41, 5.74) is 6.06. The number of hydrogen-bond donors (Lipinski definition) is 2. The van der Waals surface area contributed by atoms with Gasteiger partial charge < -0.3 is 20.1 Å². The minimum absolute atomic E-state index is 0.0208. The van der Waals surface area contributed by atoms with E-state index >= 15 is 0 Å². The molecule has 100 valence electrons. The molecule has 0 radical (unpaired) electrons. The molecule has 3 N–H and O–H groups in total. The first-order valence-corrected chi connectivity index (χ1v) is 5.84. The van der Waals surface area contributed by atoms with Crippen molar-refractivity contribution in [2.75, 3.05) is 34.4 Å². The predicted octanol–water partition coefficient (Wildman–Crippen LogP) is 1.31. The summed E-state index contributed by atoms with van der Waals surface area (Å²) in [5, 5.41) is 7.37. The number of hydrogen-bond acceptors (Lipinski definition) is 4. The molecule has 0 atom stereocenters. The van der Waals surface area contributed by atoms with Crippen LogP contribution in [0.1, 0.15) is 12.0 Å². The van der Waals surface area contributed by atoms with Gasteiger partial charge in [-0.25, -0.2) is 0 Å². The molecule has 0 amide bonds. The lowest BCUT2D eigenvalue weighted by Gasteiger charge is -2.13. The van der Waals surface area contributed by atoms with Gasteiger partial charge >= 0.3 is 0 Å². The van der Waals surface area contributed by atoms with Crippen LogP contribution >= 0.6 is 0 Å². The quantitative estimate of drug-likeness (QED) is 0.435. The first kappa shape index (κ1) is 14.3. The largest absolute Gasteiger partial charge is 0.493 e. The van der Waals surface area contributed by atoms with Crippen LogP contribution in [0.2, 0.25) is 0 Å². The van der Waals surface area contributed by atoms with Crippen LogP contribution in [0.5, 0.6) is 11.5 Å². The monoisotopic (exact) mass is 251 g/mol. The lowest BCUT2D eigenvalue weighted by Crippen LogP contribution is -2.15. The Morgan fingerprint density at radius 3 is 2.61 bits per heavy atom. The van der Waals surface area contributed by atoms with E-state index in [-0.39, 0.29) is 5.84 Å². The summed E-state index contributed by atoms with van der Waals surface area (Å²) in [5.74, 6) is 1.31. The summed E-state index contributed by atoms with van der Waals surface area (Å²) < 4.78 is 10.9. The van der Waals surface area contributed by atoms with E-state index in [1.807, 2.05) is 14.1 Å². The third kappa shape index (κ3) is 4.25. The summed E-state index contributed by atoms with van der Waals surface area (Å²) in [6.07, 6.45) is 0.949. The highest BCUT2D eigenvalue weighted by Gasteiger charge is 2.07. The second kappa shape index (κ2) is 6.86. The predicted molar refractivity (Wildman–Crippen MR) is 72.7 cm³/mol. The molecule has 1 aromatic rings. The number of nitrogen functional groups attached to an aromatic ring is 1. The molecule has 0 saturated heterocycles. The summed E-state index contributed by atoms with van der Waals surface area (Å²) in [4.78, 5) is 2.11. The van der Waals surface area contributed by atoms with E-state index in [0.29, 0.717) is 23.7 Å². The van der Waals surface area contributed by atoms with Gasteiger partial charge in [0, 0.05) is 12.1 Å². The van der Waals surface area contributed by atoms with E-state index in [0.717, 1.165) is 13.0 Å². The molecule has 5 heteroatoms. The molecule has 0 saturated carbocycles. The molecule has 1 aromatic carbocycles. The first-order chi connectivity index (χ1) is 8.54. The van der Waals surface area contributed by atoms with Gasteiger partial charge in [-0.15, -0.1) is 0 Å². The normalized spacial score (nSPS) is 10.4. The molecule has 18 heavy (non-hydrogen) atoms. The third-order valence-electron chi connectivity index (χ3n) is 2.48. The highest BCUT2D eigenvalue weighted by Crippen LogP contribution is 2.27. The zero-order chi connectivity index (χ0) is 13.5. The molecule has 0 aliphatic carbocycles. The van der Waals surface area contributed by atoms with Crippen LogP contribution in [0.25, 0.3) is 0 Å². The van der Waals surface area contributed by atoms with Gasteiger partial charge in [-0.2, -0.15) is 0 Å². The number of methoxy groups -OCH3 is 1. The highest BCUT2D eigenvalue weighted by atomic mass is 16.5. The Balaban J connectivity index is 2.62. The summed E-state index contributed by atoms with van der Waals surface area (Å²) >= 11 is 0. The summed E-state index contributed by atoms with van der Waals surface area (Å²) in [6.45, 7) is 1.61. The average Bonchev–Trinajstić information content (AvgIpc) is 2.34. The summed E-state index contributed by atoms with van der Waals surface area (Å²) in [7, 11) is 5.64. The van der Waals surface area contributed by atoms with E-state index in [9.17, 15) is 0 Å². The molecule has 0 aliphatic heterocycles. The van der Waals surface area contributed by atoms with Gasteiger partial charge in [-0.3, -0.25) is 5.41 Å². The Labute approximate surface area is 108 Å². The fourth-order valence-electron chi connectivity index (χ4n) is 1.52. The number of benzene rings is 1. The maximum absolute atomic E-state index is 7.37. The zero-order valence-electron chi connectivity index (χ0n) is 11.2.